The van der Waals surface area contributed by atoms with Crippen molar-refractivity contribution >= 4 is 51.5 Å². The van der Waals surface area contributed by atoms with E-state index >= 15 is 0 Å². The van der Waals surface area contributed by atoms with Crippen LogP contribution in [0.15, 0.2) is 47.8 Å². The Morgan fingerprint density at radius 3 is 2.52 bits per heavy atom. The molecule has 33 heavy (non-hydrogen) atoms. The summed E-state index contributed by atoms with van der Waals surface area (Å²) in [6, 6.07) is 11.7. The number of benzene rings is 2. The highest BCUT2D eigenvalue weighted by Gasteiger charge is 2.16. The molecule has 0 aliphatic carbocycles. The zero-order valence-corrected chi connectivity index (χ0v) is 20.7. The molecule has 0 aliphatic heterocycles. The van der Waals surface area contributed by atoms with Crippen molar-refractivity contribution in [2.45, 2.75) is 39.3 Å². The van der Waals surface area contributed by atoms with Crippen molar-refractivity contribution in [3.05, 3.63) is 69.0 Å². The highest BCUT2D eigenvalue weighted by atomic mass is 35.5. The Hall–Kier alpha value is -2.61. The molecule has 1 unspecified atom stereocenters. The number of amides is 1. The number of thiazole rings is 1. The molecule has 2 aromatic carbocycles. The molecule has 9 heteroatoms. The third kappa shape index (κ3) is 6.69. The van der Waals surface area contributed by atoms with Crippen molar-refractivity contribution in [2.75, 3.05) is 11.4 Å². The number of carbonyl (C=O) groups is 2. The summed E-state index contributed by atoms with van der Waals surface area (Å²) in [4.78, 5) is 30.2. The van der Waals surface area contributed by atoms with Gasteiger partial charge in [-0.15, -0.1) is 11.3 Å². The number of aromatic nitrogens is 1. The normalized spacial score (nSPS) is 11.8. The van der Waals surface area contributed by atoms with E-state index in [0.717, 1.165) is 41.3 Å². The molecular formula is C24H25Cl2N3O3S. The Bertz CT molecular complexity index is 1120. The van der Waals surface area contributed by atoms with Crippen LogP contribution in [0.3, 0.4) is 0 Å². The van der Waals surface area contributed by atoms with Gasteiger partial charge in [-0.1, -0.05) is 54.7 Å². The Labute approximate surface area is 207 Å². The second-order valence-corrected chi connectivity index (χ2v) is 9.30. The average Bonchev–Trinajstić information content (AvgIpc) is 3.29. The van der Waals surface area contributed by atoms with E-state index in [9.17, 15) is 9.59 Å². The second kappa shape index (κ2) is 11.5. The van der Waals surface area contributed by atoms with Crippen LogP contribution in [0.1, 0.15) is 42.6 Å². The molecule has 3 rings (SSSR count). The Morgan fingerprint density at radius 2 is 1.88 bits per heavy atom. The van der Waals surface area contributed by atoms with E-state index < -0.39 is 17.9 Å². The minimum atomic E-state index is -1.07. The van der Waals surface area contributed by atoms with E-state index in [4.69, 9.17) is 33.3 Å². The molecule has 2 N–H and O–H groups in total. The van der Waals surface area contributed by atoms with E-state index in [-0.39, 0.29) is 0 Å². The molecule has 3 aromatic rings. The van der Waals surface area contributed by atoms with E-state index in [0.29, 0.717) is 22.2 Å². The lowest BCUT2D eigenvalue weighted by Crippen LogP contribution is -2.38. The molecule has 0 saturated heterocycles. The van der Waals surface area contributed by atoms with E-state index in [1.807, 2.05) is 29.6 Å². The first-order chi connectivity index (χ1) is 15.8. The van der Waals surface area contributed by atoms with Gasteiger partial charge >= 0.3 is 5.97 Å². The van der Waals surface area contributed by atoms with Crippen LogP contribution in [0.5, 0.6) is 0 Å². The topological polar surface area (TPSA) is 82.5 Å². The fourth-order valence-corrected chi connectivity index (χ4v) is 4.27. The summed E-state index contributed by atoms with van der Waals surface area (Å²) >= 11 is 13.8. The van der Waals surface area contributed by atoms with Crippen LogP contribution < -0.4 is 10.2 Å². The smallest absolute Gasteiger partial charge is 0.325 e. The third-order valence-corrected chi connectivity index (χ3v) is 6.71. The summed E-state index contributed by atoms with van der Waals surface area (Å²) < 4.78 is 0. The van der Waals surface area contributed by atoms with Crippen LogP contribution in [-0.2, 0) is 11.3 Å². The quantitative estimate of drug-likeness (QED) is 0.346. The molecule has 0 radical (unpaired) electrons. The number of carbonyl (C=O) groups excluding carboxylic acids is 1. The zero-order valence-electron chi connectivity index (χ0n) is 18.3. The molecular weight excluding hydrogens is 481 g/mol. The lowest BCUT2D eigenvalue weighted by atomic mass is 10.1. The van der Waals surface area contributed by atoms with Gasteiger partial charge in [-0.25, -0.2) is 4.98 Å². The van der Waals surface area contributed by atoms with Crippen LogP contribution in [-0.4, -0.2) is 34.6 Å². The second-order valence-electron chi connectivity index (χ2n) is 7.65. The van der Waals surface area contributed by atoms with Gasteiger partial charge in [-0.3, -0.25) is 9.59 Å². The van der Waals surface area contributed by atoms with Gasteiger partial charge in [0.15, 0.2) is 5.13 Å². The predicted octanol–water partition coefficient (Wildman–Crippen LogP) is 6.13. The van der Waals surface area contributed by atoms with Gasteiger partial charge in [0.1, 0.15) is 6.04 Å². The van der Waals surface area contributed by atoms with Crippen molar-refractivity contribution in [1.82, 2.24) is 10.3 Å². The maximum Gasteiger partial charge on any atom is 0.325 e. The summed E-state index contributed by atoms with van der Waals surface area (Å²) in [6.07, 6.45) is 2.08. The van der Waals surface area contributed by atoms with E-state index in [1.165, 1.54) is 6.92 Å². The van der Waals surface area contributed by atoms with Crippen LogP contribution in [0, 0.1) is 0 Å². The average molecular weight is 506 g/mol. The van der Waals surface area contributed by atoms with Gasteiger partial charge < -0.3 is 15.3 Å². The summed E-state index contributed by atoms with van der Waals surface area (Å²) in [6.45, 7) is 5.07. The minimum Gasteiger partial charge on any atom is -0.480 e. The maximum atomic E-state index is 12.2. The molecule has 0 bridgehead atoms. The predicted molar refractivity (Wildman–Crippen MR) is 135 cm³/mol. The van der Waals surface area contributed by atoms with Gasteiger partial charge in [0, 0.05) is 29.6 Å². The molecule has 174 valence electrons. The molecule has 0 fully saturated rings. The number of carboxylic acids is 1. The first-order valence-corrected chi connectivity index (χ1v) is 12.2. The highest BCUT2D eigenvalue weighted by molar-refractivity contribution is 7.14. The lowest BCUT2D eigenvalue weighted by Gasteiger charge is -2.22. The van der Waals surface area contributed by atoms with Crippen LogP contribution in [0.25, 0.3) is 11.3 Å². The van der Waals surface area contributed by atoms with Crippen molar-refractivity contribution in [3.63, 3.8) is 0 Å². The van der Waals surface area contributed by atoms with Gasteiger partial charge in [0.05, 0.1) is 15.7 Å². The summed E-state index contributed by atoms with van der Waals surface area (Å²) in [7, 11) is 0. The lowest BCUT2D eigenvalue weighted by molar-refractivity contribution is -0.138. The monoisotopic (exact) mass is 505 g/mol. The number of aliphatic carboxylic acids is 1. The number of rotatable bonds is 10. The summed E-state index contributed by atoms with van der Waals surface area (Å²) in [5.74, 6) is -1.49. The van der Waals surface area contributed by atoms with Crippen LogP contribution in [0.4, 0.5) is 5.13 Å². The van der Waals surface area contributed by atoms with Gasteiger partial charge in [0.25, 0.3) is 5.91 Å². The molecule has 1 amide bonds. The Balaban J connectivity index is 1.74. The van der Waals surface area contributed by atoms with Gasteiger partial charge in [-0.05, 0) is 43.2 Å². The van der Waals surface area contributed by atoms with Crippen molar-refractivity contribution in [2.24, 2.45) is 0 Å². The molecule has 1 atom stereocenters. The molecule has 0 aliphatic rings. The molecule has 1 aromatic heterocycles. The number of halogens is 2. The van der Waals surface area contributed by atoms with E-state index in [1.54, 1.807) is 29.5 Å². The number of nitrogens with one attached hydrogen (secondary N) is 1. The van der Waals surface area contributed by atoms with Crippen molar-refractivity contribution < 1.29 is 14.7 Å². The molecule has 0 spiro atoms. The maximum absolute atomic E-state index is 12.2. The minimum absolute atomic E-state index is 0.412. The fraction of sp³-hybridized carbons (Fsp3) is 0.292. The molecule has 6 nitrogen and oxygen atoms in total. The first-order valence-electron chi connectivity index (χ1n) is 10.6. The zero-order chi connectivity index (χ0) is 24.0. The fourth-order valence-electron chi connectivity index (χ4n) is 3.11. The van der Waals surface area contributed by atoms with Crippen LogP contribution in [0.2, 0.25) is 10.0 Å². The Morgan fingerprint density at radius 1 is 1.15 bits per heavy atom. The van der Waals surface area contributed by atoms with Gasteiger partial charge in [-0.2, -0.15) is 0 Å². The number of anilines is 1. The van der Waals surface area contributed by atoms with E-state index in [2.05, 4.69) is 17.1 Å². The molecule has 0 saturated carbocycles. The summed E-state index contributed by atoms with van der Waals surface area (Å²) in [5, 5.41) is 15.3. The highest BCUT2D eigenvalue weighted by Crippen LogP contribution is 2.32. The number of hydrogen-bond acceptors (Lipinski definition) is 5. The first kappa shape index (κ1) is 25.0. The van der Waals surface area contributed by atoms with Crippen molar-refractivity contribution in [3.8, 4) is 11.3 Å². The van der Waals surface area contributed by atoms with Gasteiger partial charge in [0.2, 0.25) is 0 Å². The molecule has 1 heterocycles. The number of nitrogens with zero attached hydrogens (tertiary/aromatic N) is 2. The number of unbranched alkanes of at least 4 members (excludes halogenated alkanes) is 1. The largest absolute Gasteiger partial charge is 0.480 e. The standard InChI is InChI=1S/C24H25Cl2N3O3S/c1-3-4-11-29(24-28-21(14-33-24)18-9-10-19(25)20(26)12-18)13-16-5-7-17(8-6-16)22(30)27-15(2)23(31)32/h5-10,12,14-15H,3-4,11,13H2,1-2H3,(H,27,30)(H,31,32). The number of hydrogen-bond donors (Lipinski definition) is 2. The number of carboxylic acid groups (broad SMARTS) is 1. The summed E-state index contributed by atoms with van der Waals surface area (Å²) in [5.41, 5.74) is 3.20. The Kier molecular flexibility index (Phi) is 8.72. The SMILES string of the molecule is CCCCN(Cc1ccc(C(=O)NC(C)C(=O)O)cc1)c1nc(-c2ccc(Cl)c(Cl)c2)cs1. The van der Waals surface area contributed by atoms with Crippen LogP contribution >= 0.6 is 34.5 Å². The third-order valence-electron chi connectivity index (χ3n) is 5.07. The van der Waals surface area contributed by atoms with Crippen molar-refractivity contribution in [1.29, 1.82) is 0 Å².